The molecular formula is C19H24FNO3. The first-order valence-corrected chi connectivity index (χ1v) is 8.17. The van der Waals surface area contributed by atoms with E-state index in [1.54, 1.807) is 25.3 Å². The highest BCUT2D eigenvalue weighted by atomic mass is 19.1. The van der Waals surface area contributed by atoms with Gasteiger partial charge in [0.05, 0.1) is 7.11 Å². The van der Waals surface area contributed by atoms with E-state index in [-0.39, 0.29) is 12.4 Å². The first kappa shape index (κ1) is 18.1. The van der Waals surface area contributed by atoms with Gasteiger partial charge in [0.1, 0.15) is 0 Å². The van der Waals surface area contributed by atoms with Crippen molar-refractivity contribution in [2.75, 3.05) is 25.6 Å². The van der Waals surface area contributed by atoms with Crippen LogP contribution in [-0.4, -0.2) is 25.4 Å². The van der Waals surface area contributed by atoms with Gasteiger partial charge in [0, 0.05) is 24.9 Å². The third-order valence-corrected chi connectivity index (χ3v) is 3.70. The maximum Gasteiger partial charge on any atom is 0.169 e. The summed E-state index contributed by atoms with van der Waals surface area (Å²) in [6.07, 6.45) is 2.45. The second-order valence-electron chi connectivity index (χ2n) is 5.44. The van der Waals surface area contributed by atoms with Crippen LogP contribution in [0.2, 0.25) is 0 Å². The molecule has 2 N–H and O–H groups in total. The van der Waals surface area contributed by atoms with Crippen molar-refractivity contribution in [3.8, 4) is 17.2 Å². The molecule has 0 atom stereocenters. The van der Waals surface area contributed by atoms with Crippen molar-refractivity contribution in [3.05, 3.63) is 47.8 Å². The molecule has 2 rings (SSSR count). The van der Waals surface area contributed by atoms with E-state index in [2.05, 4.69) is 12.2 Å². The number of hydrogen-bond donors (Lipinski definition) is 2. The highest BCUT2D eigenvalue weighted by molar-refractivity contribution is 5.50. The fraction of sp³-hybridized carbons (Fsp3) is 0.368. The lowest BCUT2D eigenvalue weighted by Gasteiger charge is -2.13. The van der Waals surface area contributed by atoms with E-state index in [9.17, 15) is 4.39 Å². The van der Waals surface area contributed by atoms with Gasteiger partial charge in [-0.15, -0.1) is 0 Å². The first-order chi connectivity index (χ1) is 11.7. The zero-order valence-electron chi connectivity index (χ0n) is 14.1. The van der Waals surface area contributed by atoms with E-state index in [1.165, 1.54) is 6.07 Å². The van der Waals surface area contributed by atoms with Crippen LogP contribution in [0.25, 0.3) is 0 Å². The van der Waals surface area contributed by atoms with E-state index >= 15 is 0 Å². The molecule has 0 saturated carbocycles. The van der Waals surface area contributed by atoms with E-state index in [1.807, 2.05) is 12.1 Å². The van der Waals surface area contributed by atoms with Crippen LogP contribution in [0, 0.1) is 5.82 Å². The van der Waals surface area contributed by atoms with Crippen LogP contribution in [-0.2, 0) is 6.42 Å². The van der Waals surface area contributed by atoms with Gasteiger partial charge in [0.2, 0.25) is 0 Å². The minimum Gasteiger partial charge on any atom is -0.493 e. The molecule has 0 amide bonds. The highest BCUT2D eigenvalue weighted by Crippen LogP contribution is 2.34. The van der Waals surface area contributed by atoms with Gasteiger partial charge in [-0.3, -0.25) is 0 Å². The first-order valence-electron chi connectivity index (χ1n) is 8.17. The summed E-state index contributed by atoms with van der Waals surface area (Å²) >= 11 is 0. The predicted molar refractivity (Wildman–Crippen MR) is 93.7 cm³/mol. The summed E-state index contributed by atoms with van der Waals surface area (Å²) in [6.45, 7) is 2.91. The predicted octanol–water partition coefficient (Wildman–Crippen LogP) is 4.37. The van der Waals surface area contributed by atoms with Crippen molar-refractivity contribution in [1.29, 1.82) is 0 Å². The van der Waals surface area contributed by atoms with Crippen LogP contribution in [0.5, 0.6) is 17.2 Å². The van der Waals surface area contributed by atoms with E-state index in [4.69, 9.17) is 14.6 Å². The third kappa shape index (κ3) is 4.86. The molecular weight excluding hydrogens is 309 g/mol. The number of nitrogens with one attached hydrogen (secondary N) is 1. The Hall–Kier alpha value is -2.27. The van der Waals surface area contributed by atoms with Gasteiger partial charge < -0.3 is 19.9 Å². The summed E-state index contributed by atoms with van der Waals surface area (Å²) in [5, 5.41) is 11.9. The number of rotatable bonds is 9. The minimum absolute atomic E-state index is 0.151. The second kappa shape index (κ2) is 9.13. The number of unbranched alkanes of at least 4 members (excludes halogenated alkanes) is 1. The molecule has 24 heavy (non-hydrogen) atoms. The van der Waals surface area contributed by atoms with Crippen molar-refractivity contribution >= 4 is 5.69 Å². The summed E-state index contributed by atoms with van der Waals surface area (Å²) in [5.74, 6) is 0.777. The molecule has 0 aliphatic heterocycles. The van der Waals surface area contributed by atoms with E-state index < -0.39 is 5.82 Å². The summed E-state index contributed by atoms with van der Waals surface area (Å²) in [7, 11) is 1.57. The lowest BCUT2D eigenvalue weighted by atomic mass is 10.1. The van der Waals surface area contributed by atoms with Crippen molar-refractivity contribution in [3.63, 3.8) is 0 Å². The Morgan fingerprint density at radius 2 is 1.83 bits per heavy atom. The zero-order chi connectivity index (χ0) is 17.4. The van der Waals surface area contributed by atoms with Crippen LogP contribution in [0.15, 0.2) is 36.4 Å². The fourth-order valence-corrected chi connectivity index (χ4v) is 2.30. The lowest BCUT2D eigenvalue weighted by Crippen LogP contribution is -2.03. The van der Waals surface area contributed by atoms with E-state index in [0.717, 1.165) is 24.8 Å². The van der Waals surface area contributed by atoms with Crippen molar-refractivity contribution < 1.29 is 19.0 Å². The largest absolute Gasteiger partial charge is 0.493 e. The normalized spacial score (nSPS) is 10.5. The number of aryl methyl sites for hydroxylation is 1. The number of ether oxygens (including phenoxy) is 2. The Morgan fingerprint density at radius 3 is 2.50 bits per heavy atom. The van der Waals surface area contributed by atoms with Gasteiger partial charge in [-0.1, -0.05) is 13.0 Å². The van der Waals surface area contributed by atoms with Crippen molar-refractivity contribution in [2.24, 2.45) is 0 Å². The molecule has 0 fully saturated rings. The molecule has 0 aromatic heterocycles. The molecule has 0 spiro atoms. The number of anilines is 1. The minimum atomic E-state index is -0.441. The second-order valence-corrected chi connectivity index (χ2v) is 5.44. The Labute approximate surface area is 142 Å². The average molecular weight is 333 g/mol. The molecule has 0 aliphatic rings. The number of aliphatic hydroxyl groups is 1. The number of methoxy groups -OCH3 is 1. The molecule has 0 bridgehead atoms. The van der Waals surface area contributed by atoms with Crippen LogP contribution in [0.3, 0.4) is 0 Å². The molecule has 0 heterocycles. The monoisotopic (exact) mass is 333 g/mol. The van der Waals surface area contributed by atoms with E-state index in [0.29, 0.717) is 23.7 Å². The van der Waals surface area contributed by atoms with Crippen LogP contribution >= 0.6 is 0 Å². The molecule has 0 saturated heterocycles. The van der Waals surface area contributed by atoms with Gasteiger partial charge >= 0.3 is 0 Å². The Bertz CT molecular complexity index is 661. The van der Waals surface area contributed by atoms with Gasteiger partial charge in [-0.05, 0) is 49.1 Å². The van der Waals surface area contributed by atoms with Gasteiger partial charge in [0.25, 0.3) is 0 Å². The molecule has 0 aliphatic carbocycles. The Morgan fingerprint density at radius 1 is 1.04 bits per heavy atom. The Kier molecular flexibility index (Phi) is 6.88. The maximum atomic E-state index is 14.2. The Balaban J connectivity index is 2.07. The van der Waals surface area contributed by atoms with Gasteiger partial charge in [-0.2, -0.15) is 0 Å². The van der Waals surface area contributed by atoms with Crippen LogP contribution < -0.4 is 14.8 Å². The summed E-state index contributed by atoms with van der Waals surface area (Å²) < 4.78 is 25.2. The number of hydrogen-bond acceptors (Lipinski definition) is 4. The molecule has 0 radical (unpaired) electrons. The summed E-state index contributed by atoms with van der Waals surface area (Å²) in [5.41, 5.74) is 1.81. The molecule has 130 valence electrons. The quantitative estimate of drug-likeness (QED) is 0.669. The summed E-state index contributed by atoms with van der Waals surface area (Å²) in [6, 6.07) is 10.4. The molecule has 2 aromatic rings. The standard InChI is InChI=1S/C19H24FNO3/c1-3-14-6-8-18(19(12-14)23-2)24-17-9-7-15(13-16(17)20)21-10-4-5-11-22/h6-9,12-13,21-22H,3-5,10-11H2,1-2H3. The van der Waals surface area contributed by atoms with Crippen LogP contribution in [0.4, 0.5) is 10.1 Å². The zero-order valence-corrected chi connectivity index (χ0v) is 14.1. The highest BCUT2D eigenvalue weighted by Gasteiger charge is 2.10. The van der Waals surface area contributed by atoms with Crippen LogP contribution in [0.1, 0.15) is 25.3 Å². The molecule has 2 aromatic carbocycles. The number of halogens is 1. The maximum absolute atomic E-state index is 14.2. The number of benzene rings is 2. The van der Waals surface area contributed by atoms with Crippen molar-refractivity contribution in [2.45, 2.75) is 26.2 Å². The molecule has 0 unspecified atom stereocenters. The van der Waals surface area contributed by atoms with Crippen molar-refractivity contribution in [1.82, 2.24) is 0 Å². The van der Waals surface area contributed by atoms with Gasteiger partial charge in [0.15, 0.2) is 23.1 Å². The smallest absolute Gasteiger partial charge is 0.169 e. The van der Waals surface area contributed by atoms with Gasteiger partial charge in [-0.25, -0.2) is 4.39 Å². The lowest BCUT2D eigenvalue weighted by molar-refractivity contribution is 0.286. The fourth-order valence-electron chi connectivity index (χ4n) is 2.30. The third-order valence-electron chi connectivity index (χ3n) is 3.70. The molecule has 4 nitrogen and oxygen atoms in total. The summed E-state index contributed by atoms with van der Waals surface area (Å²) in [4.78, 5) is 0. The molecule has 5 heteroatoms. The number of aliphatic hydroxyl groups excluding tert-OH is 1. The SMILES string of the molecule is CCc1ccc(Oc2ccc(NCCCCO)cc2F)c(OC)c1. The average Bonchev–Trinajstić information content (AvgIpc) is 2.61. The topological polar surface area (TPSA) is 50.7 Å².